The van der Waals surface area contributed by atoms with E-state index in [1.165, 1.54) is 18.2 Å². The van der Waals surface area contributed by atoms with Gasteiger partial charge in [-0.2, -0.15) is 0 Å². The Morgan fingerprint density at radius 1 is 1.17 bits per heavy atom. The first-order valence-electron chi connectivity index (χ1n) is 8.17. The first-order valence-corrected chi connectivity index (χ1v) is 10.3. The lowest BCUT2D eigenvalue weighted by molar-refractivity contribution is -0.140. The normalized spacial score (nSPS) is 15.0. The van der Waals surface area contributed by atoms with E-state index in [0.29, 0.717) is 16.2 Å². The molecule has 2 N–H and O–H groups in total. The van der Waals surface area contributed by atoms with Crippen LogP contribution in [0.3, 0.4) is 0 Å². The van der Waals surface area contributed by atoms with Crippen LogP contribution in [-0.4, -0.2) is 34.5 Å². The van der Waals surface area contributed by atoms with Crippen LogP contribution >= 0.6 is 45.2 Å². The molecule has 0 aliphatic carbocycles. The number of urea groups is 1. The van der Waals surface area contributed by atoms with Gasteiger partial charge in [-0.05, 0) is 86.7 Å². The van der Waals surface area contributed by atoms with Crippen molar-refractivity contribution in [2.45, 2.75) is 6.61 Å². The molecule has 0 unspecified atom stereocenters. The lowest BCUT2D eigenvalue weighted by Crippen LogP contribution is -2.35. The first kappa shape index (κ1) is 21.5. The number of benzene rings is 2. The average molecular weight is 622 g/mol. The van der Waals surface area contributed by atoms with Crippen LogP contribution in [0.2, 0.25) is 0 Å². The van der Waals surface area contributed by atoms with Crippen LogP contribution in [0.4, 0.5) is 9.18 Å². The highest BCUT2D eigenvalue weighted by molar-refractivity contribution is 14.1. The molecule has 1 aliphatic heterocycles. The molecule has 0 saturated carbocycles. The molecule has 1 fully saturated rings. The third-order valence-electron chi connectivity index (χ3n) is 3.88. The quantitative estimate of drug-likeness (QED) is 0.292. The summed E-state index contributed by atoms with van der Waals surface area (Å²) in [6, 6.07) is 8.79. The Hall–Kier alpha value is -2.22. The SMILES string of the molecule is O=C(O)CN1C(=O)N/C(=C/c2cc(I)c(OCc3ccc(F)cc3)c(I)c2)C1=O. The highest BCUT2D eigenvalue weighted by Gasteiger charge is 2.34. The Bertz CT molecular complexity index is 1000. The van der Waals surface area contributed by atoms with E-state index in [1.54, 1.807) is 24.3 Å². The van der Waals surface area contributed by atoms with Crippen molar-refractivity contribution < 1.29 is 28.6 Å². The van der Waals surface area contributed by atoms with E-state index in [2.05, 4.69) is 50.5 Å². The summed E-state index contributed by atoms with van der Waals surface area (Å²) in [5.41, 5.74) is 1.47. The molecule has 0 atom stereocenters. The van der Waals surface area contributed by atoms with E-state index < -0.39 is 24.5 Å². The Morgan fingerprint density at radius 2 is 1.79 bits per heavy atom. The number of hydrogen-bond donors (Lipinski definition) is 2. The summed E-state index contributed by atoms with van der Waals surface area (Å²) in [6.07, 6.45) is 1.48. The van der Waals surface area contributed by atoms with Crippen molar-refractivity contribution in [1.82, 2.24) is 10.2 Å². The van der Waals surface area contributed by atoms with Gasteiger partial charge in [0.25, 0.3) is 5.91 Å². The van der Waals surface area contributed by atoms with E-state index in [0.717, 1.165) is 12.7 Å². The maximum atomic E-state index is 13.0. The lowest BCUT2D eigenvalue weighted by Gasteiger charge is -2.12. The number of carboxylic acids is 1. The fourth-order valence-corrected chi connectivity index (χ4v) is 4.68. The van der Waals surface area contributed by atoms with Gasteiger partial charge in [0.2, 0.25) is 0 Å². The monoisotopic (exact) mass is 622 g/mol. The van der Waals surface area contributed by atoms with Crippen molar-refractivity contribution in [2.75, 3.05) is 6.54 Å². The third-order valence-corrected chi connectivity index (χ3v) is 5.49. The van der Waals surface area contributed by atoms with Crippen molar-refractivity contribution in [3.63, 3.8) is 0 Å². The van der Waals surface area contributed by atoms with Crippen molar-refractivity contribution >= 4 is 69.2 Å². The van der Waals surface area contributed by atoms with E-state index >= 15 is 0 Å². The number of carbonyl (C=O) groups is 3. The molecule has 150 valence electrons. The summed E-state index contributed by atoms with van der Waals surface area (Å²) in [5, 5.41) is 11.2. The predicted octanol–water partition coefficient (Wildman–Crippen LogP) is 3.59. The molecule has 2 aromatic carbocycles. The number of aliphatic carboxylic acids is 1. The number of ether oxygens (including phenoxy) is 1. The van der Waals surface area contributed by atoms with Gasteiger partial charge in [-0.25, -0.2) is 14.1 Å². The highest BCUT2D eigenvalue weighted by Crippen LogP contribution is 2.31. The van der Waals surface area contributed by atoms with Gasteiger partial charge in [0.15, 0.2) is 0 Å². The van der Waals surface area contributed by atoms with Gasteiger partial charge in [-0.1, -0.05) is 12.1 Å². The van der Waals surface area contributed by atoms with E-state index in [1.807, 2.05) is 0 Å². The summed E-state index contributed by atoms with van der Waals surface area (Å²) < 4.78 is 20.4. The molecule has 0 radical (unpaired) electrons. The lowest BCUT2D eigenvalue weighted by atomic mass is 10.2. The molecular weight excluding hydrogens is 609 g/mol. The molecule has 0 bridgehead atoms. The fraction of sp³-hybridized carbons (Fsp3) is 0.105. The summed E-state index contributed by atoms with van der Waals surface area (Å²) in [5.74, 6) is -1.64. The van der Waals surface area contributed by atoms with Gasteiger partial charge >= 0.3 is 12.0 Å². The Kier molecular flexibility index (Phi) is 6.72. The average Bonchev–Trinajstić information content (AvgIpc) is 2.89. The second-order valence-electron chi connectivity index (χ2n) is 6.00. The van der Waals surface area contributed by atoms with Crippen LogP contribution in [0.1, 0.15) is 11.1 Å². The summed E-state index contributed by atoms with van der Waals surface area (Å²) in [4.78, 5) is 35.4. The van der Waals surface area contributed by atoms with Gasteiger partial charge in [-0.15, -0.1) is 0 Å². The number of imide groups is 1. The number of amides is 3. The number of hydrogen-bond acceptors (Lipinski definition) is 4. The molecule has 7 nitrogen and oxygen atoms in total. The number of nitrogens with one attached hydrogen (secondary N) is 1. The minimum absolute atomic E-state index is 0.00262. The maximum Gasteiger partial charge on any atom is 0.329 e. The zero-order valence-electron chi connectivity index (χ0n) is 14.6. The number of rotatable bonds is 6. The molecule has 1 aliphatic rings. The summed E-state index contributed by atoms with van der Waals surface area (Å²) in [6.45, 7) is -0.432. The second kappa shape index (κ2) is 9.07. The van der Waals surface area contributed by atoms with Crippen LogP contribution in [0.25, 0.3) is 6.08 Å². The minimum atomic E-state index is -1.28. The van der Waals surface area contributed by atoms with E-state index in [4.69, 9.17) is 9.84 Å². The fourth-order valence-electron chi connectivity index (χ4n) is 2.55. The largest absolute Gasteiger partial charge is 0.487 e. The van der Waals surface area contributed by atoms with Crippen molar-refractivity contribution in [1.29, 1.82) is 0 Å². The molecule has 1 saturated heterocycles. The van der Waals surface area contributed by atoms with Crippen molar-refractivity contribution in [2.24, 2.45) is 0 Å². The molecule has 29 heavy (non-hydrogen) atoms. The molecule has 0 aromatic heterocycles. The number of nitrogens with zero attached hydrogens (tertiary/aromatic N) is 1. The van der Waals surface area contributed by atoms with Crippen LogP contribution in [0.15, 0.2) is 42.1 Å². The predicted molar refractivity (Wildman–Crippen MR) is 118 cm³/mol. The summed E-state index contributed by atoms with van der Waals surface area (Å²) in [7, 11) is 0. The van der Waals surface area contributed by atoms with Crippen molar-refractivity contribution in [3.8, 4) is 5.75 Å². The number of carbonyl (C=O) groups excluding carboxylic acids is 2. The Balaban J connectivity index is 1.77. The van der Waals surface area contributed by atoms with E-state index in [9.17, 15) is 18.8 Å². The highest BCUT2D eigenvalue weighted by atomic mass is 127. The Morgan fingerprint density at radius 3 is 2.38 bits per heavy atom. The topological polar surface area (TPSA) is 95.9 Å². The molecular formula is C19H13FI2N2O5. The smallest absolute Gasteiger partial charge is 0.329 e. The zero-order valence-corrected chi connectivity index (χ0v) is 18.9. The van der Waals surface area contributed by atoms with Gasteiger partial charge in [0.05, 0.1) is 7.14 Å². The van der Waals surface area contributed by atoms with Gasteiger partial charge < -0.3 is 15.2 Å². The summed E-state index contributed by atoms with van der Waals surface area (Å²) >= 11 is 4.19. The van der Waals surface area contributed by atoms with Gasteiger partial charge in [0, 0.05) is 0 Å². The van der Waals surface area contributed by atoms with Gasteiger partial charge in [-0.3, -0.25) is 9.59 Å². The van der Waals surface area contributed by atoms with Crippen LogP contribution in [0, 0.1) is 13.0 Å². The molecule has 10 heteroatoms. The second-order valence-corrected chi connectivity index (χ2v) is 8.33. The van der Waals surface area contributed by atoms with Crippen molar-refractivity contribution in [3.05, 3.63) is 66.2 Å². The third kappa shape index (κ3) is 5.23. The van der Waals surface area contributed by atoms with Crippen LogP contribution in [0.5, 0.6) is 5.75 Å². The Labute approximate surface area is 192 Å². The maximum absolute atomic E-state index is 13.0. The number of halogens is 3. The standard InChI is InChI=1S/C19H13FI2N2O5/c20-12-3-1-10(2-4-12)9-29-17-13(21)5-11(6-14(17)22)7-15-18(27)24(8-16(25)26)19(28)23-15/h1-7H,8-9H2,(H,23,28)(H,25,26)/b15-7+. The van der Waals surface area contributed by atoms with E-state index in [-0.39, 0.29) is 18.1 Å². The molecule has 1 heterocycles. The van der Waals surface area contributed by atoms with Gasteiger partial charge in [0.1, 0.15) is 30.4 Å². The molecule has 0 spiro atoms. The molecule has 3 amide bonds. The van der Waals surface area contributed by atoms with Crippen LogP contribution in [-0.2, 0) is 16.2 Å². The zero-order chi connectivity index (χ0) is 21.1. The first-order chi connectivity index (χ1) is 13.7. The van der Waals surface area contributed by atoms with Crippen LogP contribution < -0.4 is 10.1 Å². The molecule has 3 rings (SSSR count). The minimum Gasteiger partial charge on any atom is -0.487 e. The molecule has 2 aromatic rings. The number of carboxylic acid groups (broad SMARTS) is 1.